The smallest absolute Gasteiger partial charge is 0.250 e. The molecule has 2 aromatic carbocycles. The number of benzene rings is 2. The summed E-state index contributed by atoms with van der Waals surface area (Å²) in [5, 5.41) is 5.23. The molecular formula is C23H24N2O4S. The van der Waals surface area contributed by atoms with Crippen molar-refractivity contribution in [3.05, 3.63) is 59.5 Å². The van der Waals surface area contributed by atoms with Gasteiger partial charge in [0.05, 0.1) is 26.0 Å². The Morgan fingerprint density at radius 1 is 1.07 bits per heavy atom. The van der Waals surface area contributed by atoms with Crippen LogP contribution in [0.5, 0.6) is 17.2 Å². The highest BCUT2D eigenvalue weighted by Crippen LogP contribution is 2.30. The fourth-order valence-corrected chi connectivity index (χ4v) is 3.41. The summed E-state index contributed by atoms with van der Waals surface area (Å²) in [6, 6.07) is 13.1. The van der Waals surface area contributed by atoms with Crippen LogP contribution >= 0.6 is 11.3 Å². The van der Waals surface area contributed by atoms with E-state index in [9.17, 15) is 4.79 Å². The Balaban J connectivity index is 1.64. The maximum atomic E-state index is 12.3. The summed E-state index contributed by atoms with van der Waals surface area (Å²) < 4.78 is 16.2. The SMILES string of the molecule is COc1ccc(-c2csc(NC(=O)C=Cc3ccc(OC(C)C)c(OC)c3)n2)cc1. The van der Waals surface area contributed by atoms with Gasteiger partial charge in [-0.25, -0.2) is 4.98 Å². The van der Waals surface area contributed by atoms with Gasteiger partial charge >= 0.3 is 0 Å². The first-order valence-corrected chi connectivity index (χ1v) is 10.3. The molecule has 0 aliphatic heterocycles. The lowest BCUT2D eigenvalue weighted by Gasteiger charge is -2.13. The van der Waals surface area contributed by atoms with Gasteiger partial charge in [-0.2, -0.15) is 0 Å². The number of thiazole rings is 1. The van der Waals surface area contributed by atoms with Gasteiger partial charge in [-0.1, -0.05) is 6.07 Å². The Morgan fingerprint density at radius 2 is 1.83 bits per heavy atom. The van der Waals surface area contributed by atoms with Crippen LogP contribution in [-0.4, -0.2) is 31.2 Å². The lowest BCUT2D eigenvalue weighted by atomic mass is 10.2. The Hall–Kier alpha value is -3.32. The van der Waals surface area contributed by atoms with Crippen molar-refractivity contribution >= 4 is 28.5 Å². The van der Waals surface area contributed by atoms with Crippen molar-refractivity contribution in [3.63, 3.8) is 0 Å². The summed E-state index contributed by atoms with van der Waals surface area (Å²) >= 11 is 1.37. The van der Waals surface area contributed by atoms with E-state index < -0.39 is 0 Å². The first kappa shape index (κ1) is 21.4. The molecular weight excluding hydrogens is 400 g/mol. The van der Waals surface area contributed by atoms with E-state index in [2.05, 4.69) is 10.3 Å². The van der Waals surface area contributed by atoms with Crippen LogP contribution in [0, 0.1) is 0 Å². The fourth-order valence-electron chi connectivity index (χ4n) is 2.68. The van der Waals surface area contributed by atoms with Crippen LogP contribution in [0.4, 0.5) is 5.13 Å². The summed E-state index contributed by atoms with van der Waals surface area (Å²) in [5.74, 6) is 1.82. The molecule has 0 saturated heterocycles. The topological polar surface area (TPSA) is 69.7 Å². The van der Waals surface area contributed by atoms with Gasteiger partial charge in [0.15, 0.2) is 16.6 Å². The van der Waals surface area contributed by atoms with Crippen LogP contribution in [0.3, 0.4) is 0 Å². The third kappa shape index (κ3) is 5.61. The van der Waals surface area contributed by atoms with Gasteiger partial charge in [-0.3, -0.25) is 10.1 Å². The number of hydrogen-bond acceptors (Lipinski definition) is 6. The molecule has 0 aliphatic carbocycles. The average Bonchev–Trinajstić information content (AvgIpc) is 3.21. The zero-order valence-electron chi connectivity index (χ0n) is 17.3. The van der Waals surface area contributed by atoms with E-state index in [1.54, 1.807) is 20.3 Å². The number of amides is 1. The number of carbonyl (C=O) groups excluding carboxylic acids is 1. The summed E-state index contributed by atoms with van der Waals surface area (Å²) in [6.07, 6.45) is 3.23. The molecule has 1 N–H and O–H groups in total. The zero-order chi connectivity index (χ0) is 21.5. The van der Waals surface area contributed by atoms with Crippen molar-refractivity contribution in [2.45, 2.75) is 20.0 Å². The minimum Gasteiger partial charge on any atom is -0.497 e. The number of rotatable bonds is 8. The third-order valence-corrected chi connectivity index (χ3v) is 4.86. The molecule has 6 nitrogen and oxygen atoms in total. The van der Waals surface area contributed by atoms with E-state index in [0.29, 0.717) is 16.6 Å². The Morgan fingerprint density at radius 3 is 2.50 bits per heavy atom. The highest BCUT2D eigenvalue weighted by atomic mass is 32.1. The standard InChI is InChI=1S/C23H24N2O4S/c1-15(2)29-20-11-5-16(13-21(20)28-4)6-12-22(26)25-23-24-19(14-30-23)17-7-9-18(27-3)10-8-17/h5-15H,1-4H3,(H,24,25,26). The second kappa shape index (κ2) is 9.93. The minimum atomic E-state index is -0.257. The maximum absolute atomic E-state index is 12.3. The molecule has 0 fully saturated rings. The van der Waals surface area contributed by atoms with Crippen molar-refractivity contribution < 1.29 is 19.0 Å². The number of anilines is 1. The molecule has 1 aromatic heterocycles. The van der Waals surface area contributed by atoms with Crippen LogP contribution in [0.25, 0.3) is 17.3 Å². The zero-order valence-corrected chi connectivity index (χ0v) is 18.2. The number of hydrogen-bond donors (Lipinski definition) is 1. The Labute approximate surface area is 180 Å². The molecule has 0 radical (unpaired) electrons. The minimum absolute atomic E-state index is 0.0483. The second-order valence-corrected chi connectivity index (χ2v) is 7.52. The maximum Gasteiger partial charge on any atom is 0.250 e. The molecule has 1 heterocycles. The highest BCUT2D eigenvalue weighted by molar-refractivity contribution is 7.14. The molecule has 156 valence electrons. The molecule has 0 bridgehead atoms. The van der Waals surface area contributed by atoms with Gasteiger partial charge in [0.2, 0.25) is 5.91 Å². The van der Waals surface area contributed by atoms with Gasteiger partial charge in [0, 0.05) is 17.0 Å². The van der Waals surface area contributed by atoms with E-state index in [0.717, 1.165) is 22.6 Å². The van der Waals surface area contributed by atoms with E-state index in [1.165, 1.54) is 17.4 Å². The second-order valence-electron chi connectivity index (χ2n) is 6.67. The molecule has 7 heteroatoms. The van der Waals surface area contributed by atoms with Gasteiger partial charge in [-0.15, -0.1) is 11.3 Å². The summed E-state index contributed by atoms with van der Waals surface area (Å²) in [6.45, 7) is 3.91. The van der Waals surface area contributed by atoms with Crippen molar-refractivity contribution in [1.82, 2.24) is 4.98 Å². The first-order valence-electron chi connectivity index (χ1n) is 9.42. The van der Waals surface area contributed by atoms with Crippen LogP contribution in [0.15, 0.2) is 53.9 Å². The molecule has 3 aromatic rings. The quantitative estimate of drug-likeness (QED) is 0.499. The average molecular weight is 425 g/mol. The number of carbonyl (C=O) groups is 1. The summed E-state index contributed by atoms with van der Waals surface area (Å²) in [7, 11) is 3.22. The van der Waals surface area contributed by atoms with Crippen molar-refractivity contribution in [2.24, 2.45) is 0 Å². The number of nitrogens with one attached hydrogen (secondary N) is 1. The molecule has 3 rings (SSSR count). The van der Waals surface area contributed by atoms with E-state index in [-0.39, 0.29) is 12.0 Å². The van der Waals surface area contributed by atoms with E-state index in [4.69, 9.17) is 14.2 Å². The van der Waals surface area contributed by atoms with E-state index >= 15 is 0 Å². The monoisotopic (exact) mass is 424 g/mol. The van der Waals surface area contributed by atoms with Crippen molar-refractivity contribution in [3.8, 4) is 28.5 Å². The van der Waals surface area contributed by atoms with Crippen LogP contribution < -0.4 is 19.5 Å². The lowest BCUT2D eigenvalue weighted by molar-refractivity contribution is -0.111. The van der Waals surface area contributed by atoms with Crippen LogP contribution in [0.2, 0.25) is 0 Å². The van der Waals surface area contributed by atoms with Crippen molar-refractivity contribution in [1.29, 1.82) is 0 Å². The first-order chi connectivity index (χ1) is 14.5. The molecule has 30 heavy (non-hydrogen) atoms. The number of ether oxygens (including phenoxy) is 3. The van der Waals surface area contributed by atoms with Gasteiger partial charge in [0.25, 0.3) is 0 Å². The lowest BCUT2D eigenvalue weighted by Crippen LogP contribution is -2.07. The summed E-state index contributed by atoms with van der Waals surface area (Å²) in [4.78, 5) is 16.8. The van der Waals surface area contributed by atoms with Gasteiger partial charge in [-0.05, 0) is 61.9 Å². The molecule has 0 aliphatic rings. The number of aromatic nitrogens is 1. The Bertz CT molecular complexity index is 1030. The molecule has 0 spiro atoms. The normalized spacial score (nSPS) is 11.0. The number of methoxy groups -OCH3 is 2. The highest BCUT2D eigenvalue weighted by Gasteiger charge is 2.08. The van der Waals surface area contributed by atoms with Crippen molar-refractivity contribution in [2.75, 3.05) is 19.5 Å². The summed E-state index contributed by atoms with van der Waals surface area (Å²) in [5.41, 5.74) is 2.59. The largest absolute Gasteiger partial charge is 0.497 e. The fraction of sp³-hybridized carbons (Fsp3) is 0.217. The third-order valence-electron chi connectivity index (χ3n) is 4.10. The molecule has 0 atom stereocenters. The van der Waals surface area contributed by atoms with Crippen LogP contribution in [0.1, 0.15) is 19.4 Å². The Kier molecular flexibility index (Phi) is 7.08. The van der Waals surface area contributed by atoms with Gasteiger partial charge in [0.1, 0.15) is 5.75 Å². The molecule has 1 amide bonds. The van der Waals surface area contributed by atoms with Gasteiger partial charge < -0.3 is 14.2 Å². The predicted octanol–water partition coefficient (Wildman–Crippen LogP) is 5.27. The predicted molar refractivity (Wildman–Crippen MR) is 121 cm³/mol. The van der Waals surface area contributed by atoms with Crippen LogP contribution in [-0.2, 0) is 4.79 Å². The number of nitrogens with zero attached hydrogens (tertiary/aromatic N) is 1. The molecule has 0 unspecified atom stereocenters. The van der Waals surface area contributed by atoms with E-state index in [1.807, 2.05) is 61.7 Å². The molecule has 0 saturated carbocycles.